The fourth-order valence-corrected chi connectivity index (χ4v) is 3.06. The highest BCUT2D eigenvalue weighted by Gasteiger charge is 2.23. The van der Waals surface area contributed by atoms with Gasteiger partial charge < -0.3 is 10.3 Å². The van der Waals surface area contributed by atoms with Crippen molar-refractivity contribution in [3.05, 3.63) is 33.2 Å². The van der Waals surface area contributed by atoms with Gasteiger partial charge in [-0.15, -0.1) is 0 Å². The number of pyridine rings is 1. The number of hydrogen-bond donors (Lipinski definition) is 3. The minimum Gasteiger partial charge on any atom is -0.350 e. The zero-order chi connectivity index (χ0) is 17.8. The molecule has 0 fully saturated rings. The second-order valence-corrected chi connectivity index (χ2v) is 8.01. The normalized spacial score (nSPS) is 13.1. The van der Waals surface area contributed by atoms with Gasteiger partial charge in [0.1, 0.15) is 6.04 Å². The molecule has 0 saturated heterocycles. The Morgan fingerprint density at radius 2 is 1.91 bits per heavy atom. The van der Waals surface area contributed by atoms with Crippen molar-refractivity contribution in [3.63, 3.8) is 0 Å². The Labute approximate surface area is 136 Å². The summed E-state index contributed by atoms with van der Waals surface area (Å²) in [7, 11) is -3.50. The summed E-state index contributed by atoms with van der Waals surface area (Å²) in [5.41, 5.74) is 1.74. The molecule has 0 aliphatic heterocycles. The Kier molecular flexibility index (Phi) is 6.52. The smallest absolute Gasteiger partial charge is 0.253 e. The summed E-state index contributed by atoms with van der Waals surface area (Å²) >= 11 is 0. The molecule has 0 aliphatic carbocycles. The van der Waals surface area contributed by atoms with E-state index >= 15 is 0 Å². The summed E-state index contributed by atoms with van der Waals surface area (Å²) in [6, 6.07) is 0.971. The van der Waals surface area contributed by atoms with Gasteiger partial charge in [0.15, 0.2) is 0 Å². The van der Waals surface area contributed by atoms with Crippen molar-refractivity contribution in [2.24, 2.45) is 5.92 Å². The van der Waals surface area contributed by atoms with Crippen molar-refractivity contribution >= 4 is 15.9 Å². The van der Waals surface area contributed by atoms with Crippen LogP contribution in [0, 0.1) is 19.8 Å². The monoisotopic (exact) mass is 343 g/mol. The van der Waals surface area contributed by atoms with Crippen LogP contribution in [-0.4, -0.2) is 31.6 Å². The van der Waals surface area contributed by atoms with E-state index in [1.54, 1.807) is 13.8 Å². The number of nitrogens with one attached hydrogen (secondary N) is 3. The number of sulfonamides is 1. The van der Waals surface area contributed by atoms with Crippen LogP contribution in [0.3, 0.4) is 0 Å². The van der Waals surface area contributed by atoms with Gasteiger partial charge in [-0.05, 0) is 37.8 Å². The van der Waals surface area contributed by atoms with Crippen molar-refractivity contribution in [2.45, 2.75) is 46.7 Å². The summed E-state index contributed by atoms with van der Waals surface area (Å²) < 4.78 is 25.1. The predicted octanol–water partition coefficient (Wildman–Crippen LogP) is 0.572. The van der Waals surface area contributed by atoms with E-state index in [1.165, 1.54) is 0 Å². The largest absolute Gasteiger partial charge is 0.350 e. The summed E-state index contributed by atoms with van der Waals surface area (Å²) in [6.45, 7) is 7.44. The van der Waals surface area contributed by atoms with Gasteiger partial charge in [0.25, 0.3) is 5.56 Å². The van der Waals surface area contributed by atoms with E-state index in [0.717, 1.165) is 17.5 Å². The van der Waals surface area contributed by atoms with Gasteiger partial charge in [0.05, 0.1) is 6.26 Å². The highest BCUT2D eigenvalue weighted by molar-refractivity contribution is 7.88. The maximum absolute atomic E-state index is 12.3. The topological polar surface area (TPSA) is 108 Å². The van der Waals surface area contributed by atoms with Gasteiger partial charge in [-0.3, -0.25) is 9.59 Å². The van der Waals surface area contributed by atoms with Crippen LogP contribution in [0.15, 0.2) is 10.9 Å². The Morgan fingerprint density at radius 1 is 1.30 bits per heavy atom. The first-order chi connectivity index (χ1) is 10.5. The molecule has 0 radical (unpaired) electrons. The number of amides is 1. The van der Waals surface area contributed by atoms with Crippen LogP contribution in [0.2, 0.25) is 0 Å². The minimum atomic E-state index is -3.50. The number of H-pyrrole nitrogens is 1. The predicted molar refractivity (Wildman–Crippen MR) is 89.6 cm³/mol. The van der Waals surface area contributed by atoms with Crippen LogP contribution in [0.1, 0.15) is 37.1 Å². The zero-order valence-electron chi connectivity index (χ0n) is 14.2. The molecule has 130 valence electrons. The molecule has 0 spiro atoms. The average molecular weight is 343 g/mol. The van der Waals surface area contributed by atoms with Crippen molar-refractivity contribution in [2.75, 3.05) is 6.26 Å². The highest BCUT2D eigenvalue weighted by atomic mass is 32.2. The number of aryl methyl sites for hydroxylation is 2. The standard InChI is InChI=1S/C15H25N3O4S/c1-9(2)6-13(18-23(5,21)22)15(20)16-8-12-10(3)7-11(4)17-14(12)19/h7,9,13,18H,6,8H2,1-5H3,(H,16,20)(H,17,19). The lowest BCUT2D eigenvalue weighted by molar-refractivity contribution is -0.123. The number of aromatic amines is 1. The van der Waals surface area contributed by atoms with Gasteiger partial charge in [0.2, 0.25) is 15.9 Å². The molecule has 8 heteroatoms. The lowest BCUT2D eigenvalue weighted by atomic mass is 10.0. The van der Waals surface area contributed by atoms with Gasteiger partial charge in [-0.25, -0.2) is 13.1 Å². The fourth-order valence-electron chi connectivity index (χ4n) is 2.34. The summed E-state index contributed by atoms with van der Waals surface area (Å²) in [5, 5.41) is 2.64. The maximum Gasteiger partial charge on any atom is 0.253 e. The van der Waals surface area contributed by atoms with Crippen LogP contribution in [0.25, 0.3) is 0 Å². The molecule has 7 nitrogen and oxygen atoms in total. The molecule has 1 unspecified atom stereocenters. The number of rotatable bonds is 7. The molecule has 1 aromatic heterocycles. The summed E-state index contributed by atoms with van der Waals surface area (Å²) in [4.78, 5) is 26.9. The molecule has 23 heavy (non-hydrogen) atoms. The lowest BCUT2D eigenvalue weighted by Gasteiger charge is -2.19. The molecule has 0 bridgehead atoms. The van der Waals surface area contributed by atoms with Gasteiger partial charge in [-0.1, -0.05) is 13.8 Å². The maximum atomic E-state index is 12.3. The Balaban J connectivity index is 2.85. The van der Waals surface area contributed by atoms with Crippen molar-refractivity contribution in [3.8, 4) is 0 Å². The van der Waals surface area contributed by atoms with E-state index in [-0.39, 0.29) is 18.0 Å². The summed E-state index contributed by atoms with van der Waals surface area (Å²) in [5.74, 6) is -0.298. The fraction of sp³-hybridized carbons (Fsp3) is 0.600. The molecule has 0 saturated carbocycles. The van der Waals surface area contributed by atoms with E-state index < -0.39 is 22.0 Å². The minimum absolute atomic E-state index is 0.0559. The number of hydrogen-bond acceptors (Lipinski definition) is 4. The third-order valence-corrected chi connectivity index (χ3v) is 4.03. The number of carbonyl (C=O) groups is 1. The molecular formula is C15H25N3O4S. The summed E-state index contributed by atoms with van der Waals surface area (Å²) in [6.07, 6.45) is 1.39. The van der Waals surface area contributed by atoms with Gasteiger partial charge >= 0.3 is 0 Å². The highest BCUT2D eigenvalue weighted by Crippen LogP contribution is 2.07. The molecule has 0 aromatic carbocycles. The molecule has 1 aromatic rings. The molecule has 0 aliphatic rings. The zero-order valence-corrected chi connectivity index (χ0v) is 15.0. The van der Waals surface area contributed by atoms with Crippen LogP contribution in [0.5, 0.6) is 0 Å². The average Bonchev–Trinajstić information content (AvgIpc) is 2.33. The second kappa shape index (κ2) is 7.74. The number of aromatic nitrogens is 1. The van der Waals surface area contributed by atoms with E-state index in [1.807, 2.05) is 19.9 Å². The van der Waals surface area contributed by atoms with Gasteiger partial charge in [-0.2, -0.15) is 0 Å². The van der Waals surface area contributed by atoms with Crippen molar-refractivity contribution < 1.29 is 13.2 Å². The van der Waals surface area contributed by atoms with Crippen LogP contribution in [0.4, 0.5) is 0 Å². The number of carbonyl (C=O) groups excluding carboxylic acids is 1. The SMILES string of the molecule is Cc1cc(C)c(CNC(=O)C(CC(C)C)NS(C)(=O)=O)c(=O)[nH]1. The second-order valence-electron chi connectivity index (χ2n) is 6.23. The molecule has 3 N–H and O–H groups in total. The van der Waals surface area contributed by atoms with Crippen molar-refractivity contribution in [1.29, 1.82) is 0 Å². The molecule has 1 amide bonds. The lowest BCUT2D eigenvalue weighted by Crippen LogP contribution is -2.47. The molecule has 1 rings (SSSR count). The first-order valence-corrected chi connectivity index (χ1v) is 9.33. The van der Waals surface area contributed by atoms with E-state index in [9.17, 15) is 18.0 Å². The van der Waals surface area contributed by atoms with Crippen LogP contribution < -0.4 is 15.6 Å². The first kappa shape index (κ1) is 19.4. The Bertz CT molecular complexity index is 723. The Morgan fingerprint density at radius 3 is 2.39 bits per heavy atom. The van der Waals surface area contributed by atoms with E-state index in [2.05, 4.69) is 15.0 Å². The third-order valence-electron chi connectivity index (χ3n) is 3.31. The van der Waals surface area contributed by atoms with Gasteiger partial charge in [0, 0.05) is 17.8 Å². The van der Waals surface area contributed by atoms with E-state index in [0.29, 0.717) is 12.0 Å². The third kappa shape index (κ3) is 6.54. The molecule has 1 heterocycles. The quantitative estimate of drug-likeness (QED) is 0.672. The Hall–Kier alpha value is -1.67. The van der Waals surface area contributed by atoms with Crippen molar-refractivity contribution in [1.82, 2.24) is 15.0 Å². The van der Waals surface area contributed by atoms with Crippen LogP contribution in [-0.2, 0) is 21.4 Å². The first-order valence-electron chi connectivity index (χ1n) is 7.44. The molecular weight excluding hydrogens is 318 g/mol. The van der Waals surface area contributed by atoms with E-state index in [4.69, 9.17) is 0 Å². The van der Waals surface area contributed by atoms with Crippen LogP contribution >= 0.6 is 0 Å². The molecule has 1 atom stereocenters.